The Morgan fingerprint density at radius 2 is 2.32 bits per heavy atom. The molecule has 1 heterocycles. The van der Waals surface area contributed by atoms with Crippen molar-refractivity contribution in [1.82, 2.24) is 4.98 Å². The van der Waals surface area contributed by atoms with E-state index in [4.69, 9.17) is 4.74 Å². The van der Waals surface area contributed by atoms with Crippen molar-refractivity contribution in [2.24, 2.45) is 0 Å². The average molecular weight is 343 g/mol. The normalized spacial score (nSPS) is 10.6. The van der Waals surface area contributed by atoms with Crippen LogP contribution in [-0.4, -0.2) is 23.3 Å². The van der Waals surface area contributed by atoms with E-state index in [1.807, 2.05) is 18.2 Å². The van der Waals surface area contributed by atoms with Crippen LogP contribution < -0.4 is 10.1 Å². The molecule has 0 aliphatic heterocycles. The first-order valence-corrected chi connectivity index (χ1v) is 7.97. The molecule has 1 amide bonds. The molecule has 1 aromatic carbocycles. The van der Waals surface area contributed by atoms with Crippen molar-refractivity contribution in [1.29, 1.82) is 0 Å². The van der Waals surface area contributed by atoms with Gasteiger partial charge in [-0.05, 0) is 31.0 Å². The van der Waals surface area contributed by atoms with Crippen LogP contribution in [-0.2, 0) is 4.79 Å². The summed E-state index contributed by atoms with van der Waals surface area (Å²) in [4.78, 5) is 16.1. The van der Waals surface area contributed by atoms with Crippen LogP contribution in [0.1, 0.15) is 19.3 Å². The number of hydrogen-bond acceptors (Lipinski definition) is 4. The van der Waals surface area contributed by atoms with E-state index < -0.39 is 0 Å². The number of carbonyl (C=O) groups is 1. The highest BCUT2D eigenvalue weighted by atomic mass is 79.9. The van der Waals surface area contributed by atoms with Gasteiger partial charge in [0.1, 0.15) is 5.75 Å². The first kappa shape index (κ1) is 14.3. The number of aromatic nitrogens is 1. The topological polar surface area (TPSA) is 51.2 Å². The van der Waals surface area contributed by atoms with Crippen molar-refractivity contribution in [2.45, 2.75) is 19.3 Å². The van der Waals surface area contributed by atoms with Crippen LogP contribution in [0.25, 0.3) is 10.2 Å². The minimum atomic E-state index is 0.0203. The molecule has 6 heteroatoms. The van der Waals surface area contributed by atoms with Gasteiger partial charge < -0.3 is 10.1 Å². The van der Waals surface area contributed by atoms with Crippen molar-refractivity contribution < 1.29 is 9.53 Å². The quantitative estimate of drug-likeness (QED) is 0.641. The van der Waals surface area contributed by atoms with Gasteiger partial charge in [-0.15, -0.1) is 0 Å². The Morgan fingerprint density at radius 1 is 1.47 bits per heavy atom. The second kappa shape index (κ2) is 6.86. The number of nitrogens with one attached hydrogen (secondary N) is 1. The van der Waals surface area contributed by atoms with Gasteiger partial charge in [0.2, 0.25) is 5.91 Å². The van der Waals surface area contributed by atoms with Crippen molar-refractivity contribution in [3.8, 4) is 5.75 Å². The Labute approximate surface area is 124 Å². The van der Waals surface area contributed by atoms with Gasteiger partial charge in [-0.3, -0.25) is 4.79 Å². The third-order valence-corrected chi connectivity index (χ3v) is 4.12. The fourth-order valence-electron chi connectivity index (χ4n) is 1.65. The highest BCUT2D eigenvalue weighted by molar-refractivity contribution is 9.09. The van der Waals surface area contributed by atoms with Gasteiger partial charge in [-0.1, -0.05) is 27.3 Å². The fourth-order valence-corrected chi connectivity index (χ4v) is 2.95. The van der Waals surface area contributed by atoms with Crippen molar-refractivity contribution >= 4 is 48.5 Å². The number of anilines is 1. The molecule has 2 aromatic rings. The zero-order valence-electron chi connectivity index (χ0n) is 10.6. The number of ether oxygens (including phenoxy) is 1. The largest absolute Gasteiger partial charge is 0.497 e. The van der Waals surface area contributed by atoms with Crippen LogP contribution >= 0.6 is 27.3 Å². The smallest absolute Gasteiger partial charge is 0.226 e. The highest BCUT2D eigenvalue weighted by Gasteiger charge is 2.08. The molecule has 19 heavy (non-hydrogen) atoms. The number of thiazole rings is 1. The number of fused-ring (bicyclic) bond motifs is 1. The Balaban J connectivity index is 2.02. The Morgan fingerprint density at radius 3 is 3.05 bits per heavy atom. The number of methoxy groups -OCH3 is 1. The average Bonchev–Trinajstić information content (AvgIpc) is 2.79. The lowest BCUT2D eigenvalue weighted by molar-refractivity contribution is -0.116. The van der Waals surface area contributed by atoms with Gasteiger partial charge in [0.25, 0.3) is 0 Å². The number of rotatable bonds is 6. The van der Waals surface area contributed by atoms with Crippen LogP contribution in [0.3, 0.4) is 0 Å². The molecule has 0 saturated heterocycles. The number of nitrogens with zero attached hydrogens (tertiary/aromatic N) is 1. The first-order valence-electron chi connectivity index (χ1n) is 6.03. The lowest BCUT2D eigenvalue weighted by atomic mass is 10.2. The molecule has 0 radical (unpaired) electrons. The highest BCUT2D eigenvalue weighted by Crippen LogP contribution is 2.29. The summed E-state index contributed by atoms with van der Waals surface area (Å²) in [6, 6.07) is 5.68. The molecule has 0 unspecified atom stereocenters. The van der Waals surface area contributed by atoms with E-state index in [0.717, 1.165) is 34.1 Å². The maximum Gasteiger partial charge on any atom is 0.226 e. The fraction of sp³-hybridized carbons (Fsp3) is 0.385. The molecule has 0 bridgehead atoms. The summed E-state index contributed by atoms with van der Waals surface area (Å²) < 4.78 is 6.17. The molecular weight excluding hydrogens is 328 g/mol. The molecule has 102 valence electrons. The molecular formula is C13H15BrN2O2S. The van der Waals surface area contributed by atoms with E-state index in [-0.39, 0.29) is 5.91 Å². The summed E-state index contributed by atoms with van der Waals surface area (Å²) in [6.07, 6.45) is 2.42. The van der Waals surface area contributed by atoms with Gasteiger partial charge in [0, 0.05) is 11.8 Å². The number of unbranched alkanes of at least 4 members (excludes halogenated alkanes) is 1. The van der Waals surface area contributed by atoms with Crippen LogP contribution in [0.5, 0.6) is 5.75 Å². The van der Waals surface area contributed by atoms with Crippen LogP contribution in [0, 0.1) is 0 Å². The molecule has 0 spiro atoms. The van der Waals surface area contributed by atoms with Crippen molar-refractivity contribution in [3.63, 3.8) is 0 Å². The van der Waals surface area contributed by atoms with Gasteiger partial charge >= 0.3 is 0 Å². The van der Waals surface area contributed by atoms with E-state index in [0.29, 0.717) is 11.6 Å². The number of hydrogen-bond donors (Lipinski definition) is 1. The molecule has 0 aliphatic rings. The predicted molar refractivity (Wildman–Crippen MR) is 82.4 cm³/mol. The summed E-state index contributed by atoms with van der Waals surface area (Å²) in [5.74, 6) is 0.818. The lowest BCUT2D eigenvalue weighted by Gasteiger charge is -1.99. The maximum absolute atomic E-state index is 11.7. The summed E-state index contributed by atoms with van der Waals surface area (Å²) >= 11 is 4.81. The number of amides is 1. The Kier molecular flexibility index (Phi) is 5.15. The predicted octanol–water partition coefficient (Wildman–Crippen LogP) is 3.81. The molecule has 0 saturated carbocycles. The minimum Gasteiger partial charge on any atom is -0.497 e. The number of benzene rings is 1. The maximum atomic E-state index is 11.7. The molecule has 1 aromatic heterocycles. The van der Waals surface area contributed by atoms with E-state index in [1.165, 1.54) is 11.3 Å². The van der Waals surface area contributed by atoms with E-state index in [2.05, 4.69) is 26.2 Å². The number of halogens is 1. The minimum absolute atomic E-state index is 0.0203. The third-order valence-electron chi connectivity index (χ3n) is 2.63. The zero-order chi connectivity index (χ0) is 13.7. The summed E-state index contributed by atoms with van der Waals surface area (Å²) in [6.45, 7) is 0. The van der Waals surface area contributed by atoms with Gasteiger partial charge in [-0.2, -0.15) is 0 Å². The lowest BCUT2D eigenvalue weighted by Crippen LogP contribution is -2.10. The van der Waals surface area contributed by atoms with Gasteiger partial charge in [0.05, 0.1) is 17.3 Å². The molecule has 4 nitrogen and oxygen atoms in total. The third kappa shape index (κ3) is 3.91. The molecule has 0 atom stereocenters. The number of carbonyl (C=O) groups excluding carboxylic acids is 1. The second-order valence-electron chi connectivity index (χ2n) is 4.05. The van der Waals surface area contributed by atoms with Gasteiger partial charge in [-0.25, -0.2) is 4.98 Å². The molecule has 0 aliphatic carbocycles. The zero-order valence-corrected chi connectivity index (χ0v) is 13.0. The van der Waals surface area contributed by atoms with E-state index >= 15 is 0 Å². The van der Waals surface area contributed by atoms with E-state index in [9.17, 15) is 4.79 Å². The van der Waals surface area contributed by atoms with Crippen LogP contribution in [0.4, 0.5) is 5.13 Å². The standard InChI is InChI=1S/C13H15BrN2O2S/c1-18-9-5-6-10-11(8-9)19-13(15-10)16-12(17)4-2-3-7-14/h5-6,8H,2-4,7H2,1H3,(H,15,16,17). The SMILES string of the molecule is COc1ccc2nc(NC(=O)CCCCBr)sc2c1. The van der Waals surface area contributed by atoms with Crippen LogP contribution in [0.2, 0.25) is 0 Å². The summed E-state index contributed by atoms with van der Waals surface area (Å²) in [7, 11) is 1.63. The molecule has 1 N–H and O–H groups in total. The van der Waals surface area contributed by atoms with E-state index in [1.54, 1.807) is 7.11 Å². The summed E-state index contributed by atoms with van der Waals surface area (Å²) in [5.41, 5.74) is 0.876. The second-order valence-corrected chi connectivity index (χ2v) is 5.87. The van der Waals surface area contributed by atoms with Crippen molar-refractivity contribution in [2.75, 3.05) is 17.8 Å². The number of alkyl halides is 1. The molecule has 0 fully saturated rings. The first-order chi connectivity index (χ1) is 9.22. The van der Waals surface area contributed by atoms with Crippen molar-refractivity contribution in [3.05, 3.63) is 18.2 Å². The summed E-state index contributed by atoms with van der Waals surface area (Å²) in [5, 5.41) is 4.42. The van der Waals surface area contributed by atoms with Crippen LogP contribution in [0.15, 0.2) is 18.2 Å². The molecule has 2 rings (SSSR count). The Bertz CT molecular complexity index is 571. The van der Waals surface area contributed by atoms with Gasteiger partial charge in [0.15, 0.2) is 5.13 Å². The monoisotopic (exact) mass is 342 g/mol. The Hall–Kier alpha value is -1.14.